The highest BCUT2D eigenvalue weighted by Gasteiger charge is 2.28. The largest absolute Gasteiger partial charge is 0.497 e. The molecule has 1 fully saturated rings. The topological polar surface area (TPSA) is 35.5 Å². The van der Waals surface area contributed by atoms with E-state index in [9.17, 15) is 4.79 Å². The van der Waals surface area contributed by atoms with E-state index in [2.05, 4.69) is 0 Å². The van der Waals surface area contributed by atoms with Crippen LogP contribution in [0.4, 0.5) is 0 Å². The van der Waals surface area contributed by atoms with Gasteiger partial charge < -0.3 is 9.47 Å². The minimum Gasteiger partial charge on any atom is -0.497 e. The Hall–Kier alpha value is -1.51. The molecular formula is C12H14O3. The van der Waals surface area contributed by atoms with Gasteiger partial charge >= 0.3 is 5.97 Å². The first-order valence-electron chi connectivity index (χ1n) is 5.02. The van der Waals surface area contributed by atoms with Gasteiger partial charge in [-0.05, 0) is 42.5 Å². The number of carbonyl (C=O) groups excluding carboxylic acids is 1. The van der Waals surface area contributed by atoms with E-state index < -0.39 is 0 Å². The summed E-state index contributed by atoms with van der Waals surface area (Å²) < 4.78 is 9.90. The van der Waals surface area contributed by atoms with Crippen LogP contribution in [-0.4, -0.2) is 20.2 Å². The van der Waals surface area contributed by atoms with Crippen molar-refractivity contribution in [2.45, 2.75) is 18.8 Å². The third-order valence-electron chi connectivity index (χ3n) is 2.68. The molecule has 0 unspecified atom stereocenters. The van der Waals surface area contributed by atoms with Gasteiger partial charge in [0, 0.05) is 0 Å². The molecule has 15 heavy (non-hydrogen) atoms. The van der Waals surface area contributed by atoms with Crippen molar-refractivity contribution >= 4 is 5.97 Å². The second kappa shape index (κ2) is 3.93. The summed E-state index contributed by atoms with van der Waals surface area (Å²) in [5.41, 5.74) is 1.72. The highest BCUT2D eigenvalue weighted by Crippen LogP contribution is 2.42. The molecule has 1 aromatic rings. The van der Waals surface area contributed by atoms with Crippen LogP contribution in [0.15, 0.2) is 18.2 Å². The van der Waals surface area contributed by atoms with Crippen molar-refractivity contribution in [2.75, 3.05) is 14.2 Å². The molecule has 0 atom stereocenters. The van der Waals surface area contributed by atoms with E-state index in [-0.39, 0.29) is 5.97 Å². The Morgan fingerprint density at radius 3 is 2.60 bits per heavy atom. The van der Waals surface area contributed by atoms with Crippen molar-refractivity contribution in [2.24, 2.45) is 0 Å². The molecule has 0 bridgehead atoms. The van der Waals surface area contributed by atoms with Crippen LogP contribution in [0.3, 0.4) is 0 Å². The molecule has 1 aliphatic carbocycles. The number of hydrogen-bond acceptors (Lipinski definition) is 3. The van der Waals surface area contributed by atoms with Crippen molar-refractivity contribution < 1.29 is 14.3 Å². The molecule has 0 aromatic heterocycles. The number of hydrogen-bond donors (Lipinski definition) is 0. The SMILES string of the molecule is COC(=O)c1ccc(OC)cc1C1CC1. The van der Waals surface area contributed by atoms with Gasteiger partial charge in [0.25, 0.3) is 0 Å². The fourth-order valence-electron chi connectivity index (χ4n) is 1.70. The first kappa shape index (κ1) is 10.0. The number of methoxy groups -OCH3 is 2. The van der Waals surface area contributed by atoms with Crippen LogP contribution in [0, 0.1) is 0 Å². The summed E-state index contributed by atoms with van der Waals surface area (Å²) in [4.78, 5) is 11.5. The molecule has 3 nitrogen and oxygen atoms in total. The van der Waals surface area contributed by atoms with Gasteiger partial charge in [0.05, 0.1) is 19.8 Å². The predicted octanol–water partition coefficient (Wildman–Crippen LogP) is 2.36. The van der Waals surface area contributed by atoms with E-state index in [0.29, 0.717) is 11.5 Å². The summed E-state index contributed by atoms with van der Waals surface area (Å²) in [5.74, 6) is 1.04. The predicted molar refractivity (Wildman–Crippen MR) is 56.3 cm³/mol. The maximum atomic E-state index is 11.5. The molecule has 1 aliphatic rings. The maximum absolute atomic E-state index is 11.5. The van der Waals surface area contributed by atoms with Gasteiger partial charge in [0.2, 0.25) is 0 Å². The maximum Gasteiger partial charge on any atom is 0.338 e. The van der Waals surface area contributed by atoms with Crippen LogP contribution in [0.2, 0.25) is 0 Å². The highest BCUT2D eigenvalue weighted by molar-refractivity contribution is 5.91. The van der Waals surface area contributed by atoms with Crippen molar-refractivity contribution in [1.82, 2.24) is 0 Å². The van der Waals surface area contributed by atoms with Gasteiger partial charge in [0.15, 0.2) is 0 Å². The number of ether oxygens (including phenoxy) is 2. The molecule has 0 aliphatic heterocycles. The third kappa shape index (κ3) is 1.96. The zero-order valence-corrected chi connectivity index (χ0v) is 8.95. The van der Waals surface area contributed by atoms with Crippen LogP contribution in [0.1, 0.15) is 34.7 Å². The first-order chi connectivity index (χ1) is 7.26. The van der Waals surface area contributed by atoms with E-state index in [0.717, 1.165) is 24.2 Å². The van der Waals surface area contributed by atoms with Crippen LogP contribution >= 0.6 is 0 Å². The van der Waals surface area contributed by atoms with E-state index in [1.165, 1.54) is 7.11 Å². The zero-order chi connectivity index (χ0) is 10.8. The minimum absolute atomic E-state index is 0.264. The molecule has 1 aromatic carbocycles. The van der Waals surface area contributed by atoms with Crippen molar-refractivity contribution in [3.63, 3.8) is 0 Å². The molecule has 0 amide bonds. The van der Waals surface area contributed by atoms with Gasteiger partial charge in [-0.15, -0.1) is 0 Å². The fraction of sp³-hybridized carbons (Fsp3) is 0.417. The molecule has 3 heteroatoms. The third-order valence-corrected chi connectivity index (χ3v) is 2.68. The molecule has 80 valence electrons. The molecular weight excluding hydrogens is 192 g/mol. The Bertz CT molecular complexity index is 380. The summed E-state index contributed by atoms with van der Waals surface area (Å²) in [7, 11) is 3.03. The quantitative estimate of drug-likeness (QED) is 0.712. The lowest BCUT2D eigenvalue weighted by molar-refractivity contribution is 0.0599. The van der Waals surface area contributed by atoms with E-state index in [1.807, 2.05) is 6.07 Å². The number of benzene rings is 1. The van der Waals surface area contributed by atoms with Gasteiger partial charge in [-0.25, -0.2) is 4.79 Å². The van der Waals surface area contributed by atoms with Gasteiger partial charge in [0.1, 0.15) is 5.75 Å². The average Bonchev–Trinajstić information content (AvgIpc) is 3.11. The van der Waals surface area contributed by atoms with Gasteiger partial charge in [-0.3, -0.25) is 0 Å². The van der Waals surface area contributed by atoms with Gasteiger partial charge in [-0.1, -0.05) is 0 Å². The summed E-state index contributed by atoms with van der Waals surface area (Å²) in [5, 5.41) is 0. The summed E-state index contributed by atoms with van der Waals surface area (Å²) in [6.07, 6.45) is 2.30. The standard InChI is InChI=1S/C12H14O3/c1-14-9-5-6-10(12(13)15-2)11(7-9)8-3-4-8/h5-8H,3-4H2,1-2H3. The number of esters is 1. The number of rotatable bonds is 3. The second-order valence-corrected chi connectivity index (χ2v) is 3.72. The molecule has 0 radical (unpaired) electrons. The molecule has 2 rings (SSSR count). The van der Waals surface area contributed by atoms with Crippen LogP contribution < -0.4 is 4.74 Å². The van der Waals surface area contributed by atoms with Crippen LogP contribution in [0.5, 0.6) is 5.75 Å². The molecule has 0 N–H and O–H groups in total. The smallest absolute Gasteiger partial charge is 0.338 e. The number of carbonyl (C=O) groups is 1. The Morgan fingerprint density at radius 1 is 1.33 bits per heavy atom. The molecule has 0 spiro atoms. The normalized spacial score (nSPS) is 14.8. The second-order valence-electron chi connectivity index (χ2n) is 3.72. The molecule has 0 saturated heterocycles. The van der Waals surface area contributed by atoms with Crippen molar-refractivity contribution in [3.05, 3.63) is 29.3 Å². The van der Waals surface area contributed by atoms with Crippen LogP contribution in [0.25, 0.3) is 0 Å². The van der Waals surface area contributed by atoms with E-state index in [1.54, 1.807) is 19.2 Å². The zero-order valence-electron chi connectivity index (χ0n) is 8.95. The van der Waals surface area contributed by atoms with E-state index in [4.69, 9.17) is 9.47 Å². The average molecular weight is 206 g/mol. The summed E-state index contributed by atoms with van der Waals surface area (Å²) >= 11 is 0. The lowest BCUT2D eigenvalue weighted by atomic mass is 10.0. The molecule has 0 heterocycles. The van der Waals surface area contributed by atoms with Gasteiger partial charge in [-0.2, -0.15) is 0 Å². The first-order valence-corrected chi connectivity index (χ1v) is 5.02. The fourth-order valence-corrected chi connectivity index (χ4v) is 1.70. The Morgan fingerprint density at radius 2 is 2.07 bits per heavy atom. The van der Waals surface area contributed by atoms with Crippen molar-refractivity contribution in [3.8, 4) is 5.75 Å². The summed E-state index contributed by atoms with van der Waals surface area (Å²) in [6.45, 7) is 0. The Labute approximate surface area is 89.0 Å². The minimum atomic E-state index is -0.264. The van der Waals surface area contributed by atoms with Crippen LogP contribution in [-0.2, 0) is 4.74 Å². The lowest BCUT2D eigenvalue weighted by Crippen LogP contribution is -2.05. The van der Waals surface area contributed by atoms with E-state index >= 15 is 0 Å². The highest BCUT2D eigenvalue weighted by atomic mass is 16.5. The Kier molecular flexibility index (Phi) is 2.62. The Balaban J connectivity index is 2.39. The van der Waals surface area contributed by atoms with Crippen molar-refractivity contribution in [1.29, 1.82) is 0 Å². The lowest BCUT2D eigenvalue weighted by Gasteiger charge is -2.08. The monoisotopic (exact) mass is 206 g/mol. The summed E-state index contributed by atoms with van der Waals surface area (Å²) in [6, 6.07) is 5.50. The molecule has 1 saturated carbocycles.